The third kappa shape index (κ3) is 232. The number of carboxylic acid groups (broad SMARTS) is 2. The van der Waals surface area contributed by atoms with E-state index < -0.39 is 6.16 Å². The van der Waals surface area contributed by atoms with E-state index in [1.54, 1.807) is 0 Å². The maximum absolute atomic E-state index is 8.56. The Morgan fingerprint density at radius 2 is 1.14 bits per heavy atom. The highest BCUT2D eigenvalue weighted by Crippen LogP contribution is 1.50. The number of hydrogen-bond donors (Lipinski definition) is 6. The molecule has 9 heteroatoms. The van der Waals surface area contributed by atoms with Crippen molar-refractivity contribution >= 4 is 18.2 Å². The van der Waals surface area contributed by atoms with Gasteiger partial charge in [0.05, 0.1) is 14.2 Å². The highest BCUT2D eigenvalue weighted by atomic mass is 16.6. The molecule has 0 aliphatic heterocycles. The smallest absolute Gasteiger partial charge is 0.469 e. The first-order chi connectivity index (χ1) is 6.27. The first-order valence-electron chi connectivity index (χ1n) is 2.95. The highest BCUT2D eigenvalue weighted by molar-refractivity contribution is 5.67. The van der Waals surface area contributed by atoms with Gasteiger partial charge in [-0.25, -0.2) is 4.79 Å². The van der Waals surface area contributed by atoms with Gasteiger partial charge >= 0.3 is 6.16 Å². The number of methoxy groups -OCH3 is 2. The summed E-state index contributed by atoms with van der Waals surface area (Å²) in [6.45, 7) is 0. The Bertz CT molecular complexity index is 165. The van der Waals surface area contributed by atoms with Gasteiger partial charge in [0.1, 0.15) is 0 Å². The van der Waals surface area contributed by atoms with Crippen LogP contribution in [0.25, 0.3) is 0 Å². The van der Waals surface area contributed by atoms with E-state index in [4.69, 9.17) is 25.8 Å². The van der Waals surface area contributed by atoms with Crippen molar-refractivity contribution in [3.63, 3.8) is 0 Å². The summed E-state index contributed by atoms with van der Waals surface area (Å²) in [6.07, 6.45) is -1.83. The van der Waals surface area contributed by atoms with Crippen LogP contribution in [-0.2, 0) is 9.47 Å². The van der Waals surface area contributed by atoms with Crippen LogP contribution >= 0.6 is 0 Å². The summed E-state index contributed by atoms with van der Waals surface area (Å²) in [4.78, 5) is 8.56. The fourth-order valence-corrected chi connectivity index (χ4v) is 0. The average molecular weight is 210 g/mol. The van der Waals surface area contributed by atoms with E-state index in [0.29, 0.717) is 0 Å². The Morgan fingerprint density at radius 1 is 1.07 bits per heavy atom. The van der Waals surface area contributed by atoms with Crippen LogP contribution in [0.15, 0.2) is 0 Å². The van der Waals surface area contributed by atoms with Gasteiger partial charge in [0.15, 0.2) is 0 Å². The molecular weight excluding hydrogens is 196 g/mol. The molecule has 0 unspecified atom stereocenters. The van der Waals surface area contributed by atoms with E-state index in [9.17, 15) is 0 Å². The summed E-state index contributed by atoms with van der Waals surface area (Å²) in [5.74, 6) is 0. The molecule has 0 aromatic heterocycles. The molecule has 0 rings (SSSR count). The molecule has 0 bridgehead atoms. The molecule has 8 N–H and O–H groups in total. The van der Waals surface area contributed by atoms with Crippen molar-refractivity contribution < 1.29 is 24.5 Å². The van der Waals surface area contributed by atoms with Gasteiger partial charge in [-0.15, -0.1) is 0 Å². The lowest BCUT2D eigenvalue weighted by Gasteiger charge is -1.85. The fourth-order valence-electron chi connectivity index (χ4n) is 0. The van der Waals surface area contributed by atoms with Crippen molar-refractivity contribution in [3.8, 4) is 0 Å². The van der Waals surface area contributed by atoms with Crippen LogP contribution in [0.5, 0.6) is 0 Å². The summed E-state index contributed by atoms with van der Waals surface area (Å²) in [7, 11) is 2.70. The second-order valence-corrected chi connectivity index (χ2v) is 1.42. The summed E-state index contributed by atoms with van der Waals surface area (Å²) in [5, 5.41) is 26.5. The van der Waals surface area contributed by atoms with Crippen LogP contribution in [0.3, 0.4) is 0 Å². The van der Waals surface area contributed by atoms with Crippen molar-refractivity contribution in [2.75, 3.05) is 14.2 Å². The summed E-state index contributed by atoms with van der Waals surface area (Å²) >= 11 is 0. The molecule has 0 radical (unpaired) electrons. The highest BCUT2D eigenvalue weighted by Gasteiger charge is 1.70. The third-order valence-electron chi connectivity index (χ3n) is 0.440. The van der Waals surface area contributed by atoms with Crippen LogP contribution in [-0.4, -0.2) is 42.6 Å². The van der Waals surface area contributed by atoms with Gasteiger partial charge in [-0.1, -0.05) is 0 Å². The molecule has 0 atom stereocenters. The van der Waals surface area contributed by atoms with Crippen LogP contribution in [0.2, 0.25) is 0 Å². The SMILES string of the molecule is COC(=N)N.COC(=N)N.O=C(O)O. The zero-order valence-corrected chi connectivity index (χ0v) is 7.77. The van der Waals surface area contributed by atoms with Crippen molar-refractivity contribution in [1.29, 1.82) is 10.8 Å². The van der Waals surface area contributed by atoms with Crippen LogP contribution in [0, 0.1) is 10.8 Å². The number of amidine groups is 2. The van der Waals surface area contributed by atoms with Crippen molar-refractivity contribution in [1.82, 2.24) is 0 Å². The molecule has 0 aromatic carbocycles. The van der Waals surface area contributed by atoms with Gasteiger partial charge in [0.2, 0.25) is 0 Å². The normalized spacial score (nSPS) is 6.43. The molecular formula is C5H14N4O5. The maximum Gasteiger partial charge on any atom is 0.503 e. The van der Waals surface area contributed by atoms with Crippen LogP contribution in [0.4, 0.5) is 4.79 Å². The minimum atomic E-state index is -1.83. The number of hydrogen-bond acceptors (Lipinski definition) is 5. The lowest BCUT2D eigenvalue weighted by molar-refractivity contribution is 0.137. The lowest BCUT2D eigenvalue weighted by Crippen LogP contribution is -2.10. The van der Waals surface area contributed by atoms with E-state index in [1.807, 2.05) is 0 Å². The molecule has 0 aliphatic rings. The van der Waals surface area contributed by atoms with E-state index in [-0.39, 0.29) is 12.0 Å². The molecule has 0 amide bonds. The molecule has 0 spiro atoms. The van der Waals surface area contributed by atoms with E-state index in [1.165, 1.54) is 14.2 Å². The first kappa shape index (κ1) is 17.8. The van der Waals surface area contributed by atoms with Crippen molar-refractivity contribution in [2.45, 2.75) is 0 Å². The van der Waals surface area contributed by atoms with Gasteiger partial charge in [-0.3, -0.25) is 10.8 Å². The zero-order chi connectivity index (χ0) is 12.1. The van der Waals surface area contributed by atoms with Gasteiger partial charge < -0.3 is 31.2 Å². The molecule has 0 heterocycles. The number of ether oxygens (including phenoxy) is 2. The number of nitrogens with one attached hydrogen (secondary N) is 2. The van der Waals surface area contributed by atoms with Crippen LogP contribution < -0.4 is 11.5 Å². The minimum absolute atomic E-state index is 0.245. The Kier molecular flexibility index (Phi) is 17.0. The number of carbonyl (C=O) groups is 1. The Morgan fingerprint density at radius 3 is 1.14 bits per heavy atom. The minimum Gasteiger partial charge on any atom is -0.469 e. The lowest BCUT2D eigenvalue weighted by atomic mass is 11.2. The first-order valence-corrected chi connectivity index (χ1v) is 2.95. The van der Waals surface area contributed by atoms with E-state index >= 15 is 0 Å². The average Bonchev–Trinajstić information content (AvgIpc) is 2.04. The maximum atomic E-state index is 8.56. The summed E-state index contributed by atoms with van der Waals surface area (Å²) in [5.41, 5.74) is 9.31. The predicted octanol–water partition coefficient (Wildman–Crippen LogP) is -0.725. The topological polar surface area (TPSA) is 176 Å². The fraction of sp³-hybridized carbons (Fsp3) is 0.400. The zero-order valence-electron chi connectivity index (χ0n) is 7.77. The van der Waals surface area contributed by atoms with E-state index in [0.717, 1.165) is 0 Å². The van der Waals surface area contributed by atoms with Crippen molar-refractivity contribution in [3.05, 3.63) is 0 Å². The van der Waals surface area contributed by atoms with Gasteiger partial charge in [-0.2, -0.15) is 0 Å². The Balaban J connectivity index is -0.000000131. The Labute approximate surface area is 80.2 Å². The summed E-state index contributed by atoms with van der Waals surface area (Å²) < 4.78 is 8.22. The molecule has 0 saturated carbocycles. The van der Waals surface area contributed by atoms with Gasteiger partial charge in [0, 0.05) is 0 Å². The molecule has 0 fully saturated rings. The molecule has 9 nitrogen and oxygen atoms in total. The Hall–Kier alpha value is -2.19. The molecule has 84 valence electrons. The predicted molar refractivity (Wildman–Crippen MR) is 48.5 cm³/mol. The van der Waals surface area contributed by atoms with E-state index in [2.05, 4.69) is 20.9 Å². The monoisotopic (exact) mass is 210 g/mol. The van der Waals surface area contributed by atoms with Gasteiger partial charge in [0.25, 0.3) is 12.0 Å². The molecule has 0 aliphatic carbocycles. The summed E-state index contributed by atoms with van der Waals surface area (Å²) in [6, 6.07) is -0.491. The molecule has 14 heavy (non-hydrogen) atoms. The largest absolute Gasteiger partial charge is 0.503 e. The molecule has 0 aromatic rings. The van der Waals surface area contributed by atoms with Crippen LogP contribution in [0.1, 0.15) is 0 Å². The second kappa shape index (κ2) is 13.4. The standard InChI is InChI=1S/2C2H6N2O.CH2O3/c2*1-5-2(3)4;2-1(3)4/h2*1H3,(H3,3,4);(H2,2,3,4). The van der Waals surface area contributed by atoms with Crippen molar-refractivity contribution in [2.24, 2.45) is 11.5 Å². The number of nitrogens with two attached hydrogens (primary N) is 2. The quantitative estimate of drug-likeness (QED) is 0.225. The number of rotatable bonds is 0. The second-order valence-electron chi connectivity index (χ2n) is 1.42. The third-order valence-corrected chi connectivity index (χ3v) is 0.440. The van der Waals surface area contributed by atoms with Gasteiger partial charge in [-0.05, 0) is 0 Å². The molecule has 0 saturated heterocycles.